The lowest BCUT2D eigenvalue weighted by molar-refractivity contribution is 0.122. The number of pyridine rings is 1. The van der Waals surface area contributed by atoms with E-state index in [1.165, 1.54) is 0 Å². The molecule has 1 aromatic rings. The molecule has 0 amide bonds. The number of hydrogen-bond donors (Lipinski definition) is 1. The third kappa shape index (κ3) is 2.51. The van der Waals surface area contributed by atoms with Crippen molar-refractivity contribution in [3.8, 4) is 0 Å². The molecule has 1 aliphatic rings. The lowest BCUT2D eigenvalue weighted by atomic mass is 10.1. The summed E-state index contributed by atoms with van der Waals surface area (Å²) in [6.45, 7) is 5.55. The van der Waals surface area contributed by atoms with E-state index in [2.05, 4.69) is 16.0 Å². The van der Waals surface area contributed by atoms with Crippen molar-refractivity contribution in [3.05, 3.63) is 23.4 Å². The topological polar surface area (TPSA) is 45.6 Å². The zero-order chi connectivity index (χ0) is 11.4. The van der Waals surface area contributed by atoms with Gasteiger partial charge in [0.1, 0.15) is 5.82 Å². The van der Waals surface area contributed by atoms with Crippen LogP contribution >= 0.6 is 0 Å². The fourth-order valence-corrected chi connectivity index (χ4v) is 1.93. The first-order chi connectivity index (χ1) is 7.81. The Balaban J connectivity index is 2.13. The number of nitrogens with zero attached hydrogens (tertiary/aromatic N) is 2. The molecule has 4 nitrogen and oxygen atoms in total. The fraction of sp³-hybridized carbons (Fsp3) is 0.583. The summed E-state index contributed by atoms with van der Waals surface area (Å²) in [5.74, 6) is 1.02. The Bertz CT molecular complexity index is 349. The summed E-state index contributed by atoms with van der Waals surface area (Å²) >= 11 is 0. The van der Waals surface area contributed by atoms with Gasteiger partial charge in [0.05, 0.1) is 13.2 Å². The molecular formula is C12H18N2O2. The van der Waals surface area contributed by atoms with Crippen molar-refractivity contribution in [2.75, 3.05) is 37.8 Å². The lowest BCUT2D eigenvalue weighted by Gasteiger charge is -2.28. The van der Waals surface area contributed by atoms with Gasteiger partial charge in [-0.25, -0.2) is 4.98 Å². The second kappa shape index (κ2) is 5.27. The van der Waals surface area contributed by atoms with Crippen LogP contribution in [0.5, 0.6) is 0 Å². The molecular weight excluding hydrogens is 204 g/mol. The number of aliphatic hydroxyl groups is 1. The molecule has 1 aliphatic heterocycles. The van der Waals surface area contributed by atoms with Crippen molar-refractivity contribution in [3.63, 3.8) is 0 Å². The minimum atomic E-state index is 0.180. The summed E-state index contributed by atoms with van der Waals surface area (Å²) in [6.07, 6.45) is 0.683. The van der Waals surface area contributed by atoms with Crippen LogP contribution < -0.4 is 4.90 Å². The first-order valence-electron chi connectivity index (χ1n) is 5.71. The molecule has 1 fully saturated rings. The molecule has 0 unspecified atom stereocenters. The molecule has 0 atom stereocenters. The fourth-order valence-electron chi connectivity index (χ4n) is 1.93. The Morgan fingerprint density at radius 2 is 2.12 bits per heavy atom. The molecule has 0 bridgehead atoms. The molecule has 0 aliphatic carbocycles. The van der Waals surface area contributed by atoms with Gasteiger partial charge in [0, 0.05) is 25.4 Å². The van der Waals surface area contributed by atoms with Crippen molar-refractivity contribution in [2.45, 2.75) is 13.3 Å². The highest BCUT2D eigenvalue weighted by atomic mass is 16.5. The van der Waals surface area contributed by atoms with Crippen molar-refractivity contribution < 1.29 is 9.84 Å². The van der Waals surface area contributed by atoms with Gasteiger partial charge in [-0.15, -0.1) is 0 Å². The highest BCUT2D eigenvalue weighted by Gasteiger charge is 2.12. The van der Waals surface area contributed by atoms with E-state index < -0.39 is 0 Å². The number of aromatic nitrogens is 1. The third-order valence-corrected chi connectivity index (χ3v) is 2.90. The van der Waals surface area contributed by atoms with Gasteiger partial charge in [0.25, 0.3) is 0 Å². The van der Waals surface area contributed by atoms with Crippen LogP contribution in [0, 0.1) is 6.92 Å². The average Bonchev–Trinajstić information content (AvgIpc) is 2.33. The summed E-state index contributed by atoms with van der Waals surface area (Å²) < 4.78 is 5.31. The molecule has 1 aromatic heterocycles. The lowest BCUT2D eigenvalue weighted by Crippen LogP contribution is -2.36. The van der Waals surface area contributed by atoms with E-state index in [0.29, 0.717) is 6.42 Å². The Morgan fingerprint density at radius 1 is 1.38 bits per heavy atom. The maximum Gasteiger partial charge on any atom is 0.128 e. The third-order valence-electron chi connectivity index (χ3n) is 2.90. The SMILES string of the molecule is Cc1nc(N2CCOCC2)ccc1CCO. The van der Waals surface area contributed by atoms with Crippen LogP contribution in [0.3, 0.4) is 0 Å². The number of rotatable bonds is 3. The molecule has 16 heavy (non-hydrogen) atoms. The Labute approximate surface area is 95.9 Å². The number of aryl methyl sites for hydroxylation is 1. The predicted molar refractivity (Wildman–Crippen MR) is 62.8 cm³/mol. The van der Waals surface area contributed by atoms with Gasteiger partial charge in [-0.2, -0.15) is 0 Å². The molecule has 0 aromatic carbocycles. The smallest absolute Gasteiger partial charge is 0.128 e. The van der Waals surface area contributed by atoms with E-state index in [0.717, 1.165) is 43.4 Å². The minimum absolute atomic E-state index is 0.180. The summed E-state index contributed by atoms with van der Waals surface area (Å²) in [6, 6.07) is 4.09. The first-order valence-corrected chi connectivity index (χ1v) is 5.71. The maximum absolute atomic E-state index is 8.91. The molecule has 4 heteroatoms. The van der Waals surface area contributed by atoms with Crippen LogP contribution in [-0.2, 0) is 11.2 Å². The zero-order valence-electron chi connectivity index (χ0n) is 9.65. The molecule has 88 valence electrons. The Kier molecular flexibility index (Phi) is 3.74. The van der Waals surface area contributed by atoms with Crippen LogP contribution in [0.15, 0.2) is 12.1 Å². The second-order valence-corrected chi connectivity index (χ2v) is 3.99. The van der Waals surface area contributed by atoms with E-state index in [9.17, 15) is 0 Å². The van der Waals surface area contributed by atoms with E-state index in [1.807, 2.05) is 13.0 Å². The van der Waals surface area contributed by atoms with Crippen LogP contribution in [0.1, 0.15) is 11.3 Å². The van der Waals surface area contributed by atoms with Gasteiger partial charge in [-0.1, -0.05) is 6.07 Å². The van der Waals surface area contributed by atoms with Gasteiger partial charge in [-0.3, -0.25) is 0 Å². The number of morpholine rings is 1. The number of aliphatic hydroxyl groups excluding tert-OH is 1. The highest BCUT2D eigenvalue weighted by Crippen LogP contribution is 2.16. The Morgan fingerprint density at radius 3 is 2.75 bits per heavy atom. The van der Waals surface area contributed by atoms with Crippen molar-refractivity contribution in [2.24, 2.45) is 0 Å². The van der Waals surface area contributed by atoms with Gasteiger partial charge >= 0.3 is 0 Å². The van der Waals surface area contributed by atoms with Gasteiger partial charge in [0.2, 0.25) is 0 Å². The van der Waals surface area contributed by atoms with Crippen molar-refractivity contribution >= 4 is 5.82 Å². The van der Waals surface area contributed by atoms with Crippen molar-refractivity contribution in [1.82, 2.24) is 4.98 Å². The summed E-state index contributed by atoms with van der Waals surface area (Å²) in [7, 11) is 0. The van der Waals surface area contributed by atoms with E-state index in [4.69, 9.17) is 9.84 Å². The van der Waals surface area contributed by atoms with Crippen LogP contribution in [-0.4, -0.2) is 43.0 Å². The van der Waals surface area contributed by atoms with Gasteiger partial charge < -0.3 is 14.7 Å². The summed E-state index contributed by atoms with van der Waals surface area (Å²) in [4.78, 5) is 6.81. The Hall–Kier alpha value is -1.13. The normalized spacial score (nSPS) is 16.5. The highest BCUT2D eigenvalue weighted by molar-refractivity contribution is 5.42. The molecule has 0 saturated carbocycles. The predicted octanol–water partition coefficient (Wildman–Crippen LogP) is 0.761. The largest absolute Gasteiger partial charge is 0.396 e. The second-order valence-electron chi connectivity index (χ2n) is 3.99. The maximum atomic E-state index is 8.91. The number of ether oxygens (including phenoxy) is 1. The minimum Gasteiger partial charge on any atom is -0.396 e. The van der Waals surface area contributed by atoms with Crippen LogP contribution in [0.25, 0.3) is 0 Å². The van der Waals surface area contributed by atoms with Crippen LogP contribution in [0.2, 0.25) is 0 Å². The molecule has 0 radical (unpaired) electrons. The molecule has 1 N–H and O–H groups in total. The molecule has 2 heterocycles. The molecule has 2 rings (SSSR count). The monoisotopic (exact) mass is 222 g/mol. The number of hydrogen-bond acceptors (Lipinski definition) is 4. The van der Waals surface area contributed by atoms with Gasteiger partial charge in [-0.05, 0) is 25.0 Å². The first kappa shape index (κ1) is 11.4. The summed E-state index contributed by atoms with van der Waals surface area (Å²) in [5, 5.41) is 8.91. The van der Waals surface area contributed by atoms with Gasteiger partial charge in [0.15, 0.2) is 0 Å². The summed E-state index contributed by atoms with van der Waals surface area (Å²) in [5.41, 5.74) is 2.14. The van der Waals surface area contributed by atoms with Crippen LogP contribution in [0.4, 0.5) is 5.82 Å². The van der Waals surface area contributed by atoms with E-state index in [1.54, 1.807) is 0 Å². The quantitative estimate of drug-likeness (QED) is 0.820. The molecule has 1 saturated heterocycles. The van der Waals surface area contributed by atoms with Crippen molar-refractivity contribution in [1.29, 1.82) is 0 Å². The zero-order valence-corrected chi connectivity index (χ0v) is 9.65. The molecule has 0 spiro atoms. The van der Waals surface area contributed by atoms with E-state index in [-0.39, 0.29) is 6.61 Å². The average molecular weight is 222 g/mol. The number of anilines is 1. The van der Waals surface area contributed by atoms with E-state index >= 15 is 0 Å². The standard InChI is InChI=1S/C12H18N2O2/c1-10-11(4-7-15)2-3-12(13-10)14-5-8-16-9-6-14/h2-3,15H,4-9H2,1H3.